The molecule has 2 aromatic rings. The van der Waals surface area contributed by atoms with E-state index in [0.717, 1.165) is 17.2 Å². The van der Waals surface area contributed by atoms with Gasteiger partial charge in [0, 0.05) is 37.9 Å². The van der Waals surface area contributed by atoms with Gasteiger partial charge in [-0.2, -0.15) is 0 Å². The Bertz CT molecular complexity index is 740. The van der Waals surface area contributed by atoms with Gasteiger partial charge in [-0.3, -0.25) is 4.79 Å². The van der Waals surface area contributed by atoms with Crippen LogP contribution in [-0.2, 0) is 11.2 Å². The van der Waals surface area contributed by atoms with Gasteiger partial charge in [0.15, 0.2) is 11.6 Å². The van der Waals surface area contributed by atoms with Crippen molar-refractivity contribution in [3.63, 3.8) is 0 Å². The molecule has 3 rings (SSSR count). The van der Waals surface area contributed by atoms with Crippen molar-refractivity contribution in [3.05, 3.63) is 65.2 Å². The van der Waals surface area contributed by atoms with Crippen LogP contribution in [0.15, 0.2) is 42.5 Å². The molecule has 0 N–H and O–H groups in total. The topological polar surface area (TPSA) is 23.6 Å². The highest BCUT2D eigenvalue weighted by Gasteiger charge is 2.22. The molecule has 0 saturated carbocycles. The van der Waals surface area contributed by atoms with Crippen LogP contribution in [0.1, 0.15) is 11.1 Å². The molecule has 1 aliphatic heterocycles. The minimum atomic E-state index is -0.842. The molecule has 0 bridgehead atoms. The number of anilines is 1. The van der Waals surface area contributed by atoms with Gasteiger partial charge >= 0.3 is 0 Å². The van der Waals surface area contributed by atoms with E-state index in [1.54, 1.807) is 6.07 Å². The predicted octanol–water partition coefficient (Wildman–Crippen LogP) is 3.16. The van der Waals surface area contributed by atoms with E-state index < -0.39 is 11.6 Å². The van der Waals surface area contributed by atoms with Crippen molar-refractivity contribution >= 4 is 11.6 Å². The lowest BCUT2D eigenvalue weighted by atomic mass is 10.1. The second-order valence-electron chi connectivity index (χ2n) is 6.13. The van der Waals surface area contributed by atoms with Crippen LogP contribution in [0.4, 0.5) is 14.5 Å². The lowest BCUT2D eigenvalue weighted by molar-refractivity contribution is -0.130. The van der Waals surface area contributed by atoms with Gasteiger partial charge in [0.05, 0.1) is 6.42 Å². The number of halogens is 2. The Kier molecular flexibility index (Phi) is 4.79. The van der Waals surface area contributed by atoms with Crippen LogP contribution < -0.4 is 4.90 Å². The molecule has 5 heteroatoms. The summed E-state index contributed by atoms with van der Waals surface area (Å²) in [6.07, 6.45) is 0.396. The Morgan fingerprint density at radius 1 is 1.00 bits per heavy atom. The van der Waals surface area contributed by atoms with Crippen LogP contribution in [0.5, 0.6) is 0 Å². The van der Waals surface area contributed by atoms with Crippen molar-refractivity contribution < 1.29 is 13.6 Å². The summed E-state index contributed by atoms with van der Waals surface area (Å²) in [5, 5.41) is 0. The van der Waals surface area contributed by atoms with Crippen LogP contribution >= 0.6 is 0 Å². The van der Waals surface area contributed by atoms with Gasteiger partial charge in [0.2, 0.25) is 5.91 Å². The van der Waals surface area contributed by atoms with Gasteiger partial charge < -0.3 is 9.80 Å². The summed E-state index contributed by atoms with van der Waals surface area (Å²) in [4.78, 5) is 16.2. The summed E-state index contributed by atoms with van der Waals surface area (Å²) in [6.45, 7) is 4.41. The number of carbonyl (C=O) groups is 1. The first-order chi connectivity index (χ1) is 11.5. The number of aryl methyl sites for hydroxylation is 1. The van der Waals surface area contributed by atoms with Crippen molar-refractivity contribution in [1.82, 2.24) is 4.90 Å². The maximum atomic E-state index is 13.3. The van der Waals surface area contributed by atoms with Crippen molar-refractivity contribution in [3.8, 4) is 0 Å². The molecule has 0 aromatic heterocycles. The van der Waals surface area contributed by atoms with E-state index in [0.29, 0.717) is 38.3 Å². The lowest BCUT2D eigenvalue weighted by Gasteiger charge is -2.36. The van der Waals surface area contributed by atoms with E-state index in [-0.39, 0.29) is 5.91 Å². The molecule has 1 amide bonds. The minimum absolute atomic E-state index is 0.102. The van der Waals surface area contributed by atoms with Gasteiger partial charge in [0.25, 0.3) is 0 Å². The highest BCUT2D eigenvalue weighted by Crippen LogP contribution is 2.20. The zero-order valence-corrected chi connectivity index (χ0v) is 13.6. The highest BCUT2D eigenvalue weighted by molar-refractivity contribution is 5.79. The van der Waals surface area contributed by atoms with E-state index in [2.05, 4.69) is 0 Å². The Labute approximate surface area is 140 Å². The molecule has 3 nitrogen and oxygen atoms in total. The highest BCUT2D eigenvalue weighted by atomic mass is 19.2. The maximum Gasteiger partial charge on any atom is 0.227 e. The molecule has 126 valence electrons. The smallest absolute Gasteiger partial charge is 0.227 e. The fraction of sp³-hybridized carbons (Fsp3) is 0.316. The van der Waals surface area contributed by atoms with Crippen molar-refractivity contribution in [2.75, 3.05) is 31.1 Å². The van der Waals surface area contributed by atoms with E-state index in [4.69, 9.17) is 0 Å². The van der Waals surface area contributed by atoms with Gasteiger partial charge in [-0.05, 0) is 24.6 Å². The largest absolute Gasteiger partial charge is 0.368 e. The van der Waals surface area contributed by atoms with E-state index in [1.165, 1.54) is 6.07 Å². The molecule has 1 aliphatic rings. The molecule has 1 saturated heterocycles. The Hall–Kier alpha value is -2.43. The number of hydrogen-bond donors (Lipinski definition) is 0. The molecule has 1 heterocycles. The van der Waals surface area contributed by atoms with E-state index in [9.17, 15) is 13.6 Å². The third-order valence-corrected chi connectivity index (χ3v) is 4.34. The first-order valence-corrected chi connectivity index (χ1v) is 8.06. The van der Waals surface area contributed by atoms with Gasteiger partial charge in [-0.25, -0.2) is 8.78 Å². The van der Waals surface area contributed by atoms with Gasteiger partial charge in [-0.1, -0.05) is 29.8 Å². The second kappa shape index (κ2) is 6.99. The molecule has 2 aromatic carbocycles. The number of carbonyl (C=O) groups excluding carboxylic acids is 1. The Morgan fingerprint density at radius 2 is 1.75 bits per heavy atom. The van der Waals surface area contributed by atoms with Gasteiger partial charge in [-0.15, -0.1) is 0 Å². The summed E-state index contributed by atoms with van der Waals surface area (Å²) in [7, 11) is 0. The monoisotopic (exact) mass is 330 g/mol. The van der Waals surface area contributed by atoms with Gasteiger partial charge in [0.1, 0.15) is 0 Å². The van der Waals surface area contributed by atoms with Crippen LogP contribution in [0.25, 0.3) is 0 Å². The maximum absolute atomic E-state index is 13.3. The van der Waals surface area contributed by atoms with E-state index in [1.807, 2.05) is 41.0 Å². The first kappa shape index (κ1) is 16.4. The number of piperazine rings is 1. The normalized spacial score (nSPS) is 14.8. The zero-order chi connectivity index (χ0) is 17.1. The van der Waals surface area contributed by atoms with E-state index >= 15 is 0 Å². The quantitative estimate of drug-likeness (QED) is 0.863. The minimum Gasteiger partial charge on any atom is -0.368 e. The molecule has 0 spiro atoms. The summed E-state index contributed by atoms with van der Waals surface area (Å²) in [5.41, 5.74) is 2.81. The fourth-order valence-electron chi connectivity index (χ4n) is 3.00. The lowest BCUT2D eigenvalue weighted by Crippen LogP contribution is -2.49. The summed E-state index contributed by atoms with van der Waals surface area (Å²) < 4.78 is 26.4. The number of benzene rings is 2. The molecule has 0 radical (unpaired) electrons. The summed E-state index contributed by atoms with van der Waals surface area (Å²) in [6, 6.07) is 11.9. The molecular formula is C19H20F2N2O. The van der Waals surface area contributed by atoms with Crippen LogP contribution in [-0.4, -0.2) is 37.0 Å². The SMILES string of the molecule is Cc1cccc(CC(=O)N2CCN(c3ccc(F)c(F)c3)CC2)c1. The van der Waals surface area contributed by atoms with Crippen molar-refractivity contribution in [1.29, 1.82) is 0 Å². The Morgan fingerprint density at radius 3 is 2.42 bits per heavy atom. The molecule has 1 fully saturated rings. The molecule has 0 aliphatic carbocycles. The third-order valence-electron chi connectivity index (χ3n) is 4.34. The predicted molar refractivity (Wildman–Crippen MR) is 90.0 cm³/mol. The molecule has 24 heavy (non-hydrogen) atoms. The average Bonchev–Trinajstić information content (AvgIpc) is 2.57. The summed E-state index contributed by atoms with van der Waals surface area (Å²) >= 11 is 0. The second-order valence-corrected chi connectivity index (χ2v) is 6.13. The third kappa shape index (κ3) is 3.72. The summed E-state index contributed by atoms with van der Waals surface area (Å²) in [5.74, 6) is -1.58. The number of hydrogen-bond acceptors (Lipinski definition) is 2. The fourth-order valence-corrected chi connectivity index (χ4v) is 3.00. The molecule has 0 unspecified atom stereocenters. The number of amides is 1. The van der Waals surface area contributed by atoms with Crippen LogP contribution in [0.3, 0.4) is 0 Å². The zero-order valence-electron chi connectivity index (χ0n) is 13.6. The number of nitrogens with zero attached hydrogens (tertiary/aromatic N) is 2. The van der Waals surface area contributed by atoms with Crippen molar-refractivity contribution in [2.45, 2.75) is 13.3 Å². The molecule has 0 atom stereocenters. The first-order valence-electron chi connectivity index (χ1n) is 8.06. The average molecular weight is 330 g/mol. The molecular weight excluding hydrogens is 310 g/mol. The Balaban J connectivity index is 1.58. The number of rotatable bonds is 3. The standard InChI is InChI=1S/C19H20F2N2O/c1-14-3-2-4-15(11-14)12-19(24)23-9-7-22(8-10-23)16-5-6-17(20)18(21)13-16/h2-6,11,13H,7-10,12H2,1H3. The van der Waals surface area contributed by atoms with Crippen LogP contribution in [0.2, 0.25) is 0 Å². The van der Waals surface area contributed by atoms with Crippen molar-refractivity contribution in [2.24, 2.45) is 0 Å². The van der Waals surface area contributed by atoms with Crippen LogP contribution in [0, 0.1) is 18.6 Å².